The number of aromatic carboxylic acids is 1. The van der Waals surface area contributed by atoms with E-state index in [1.807, 2.05) is 0 Å². The van der Waals surface area contributed by atoms with Crippen LogP contribution in [0.1, 0.15) is 101 Å². The minimum Gasteiger partial charge on any atom is -0.491 e. The van der Waals surface area contributed by atoms with Crippen LogP contribution in [-0.2, 0) is 0 Å². The van der Waals surface area contributed by atoms with Crippen LogP contribution in [0.25, 0.3) is 22.3 Å². The lowest BCUT2D eigenvalue weighted by Crippen LogP contribution is -2.04. The summed E-state index contributed by atoms with van der Waals surface area (Å²) in [5.41, 5.74) is 0.495. The number of carboxylic acid groups (broad SMARTS) is 1. The van der Waals surface area contributed by atoms with Crippen LogP contribution in [0.4, 0.5) is 13.2 Å². The number of halogens is 3. The van der Waals surface area contributed by atoms with E-state index in [0.717, 1.165) is 51.4 Å². The van der Waals surface area contributed by atoms with Crippen LogP contribution in [0.15, 0.2) is 48.5 Å². The number of unbranched alkanes of at least 4 members (excludes halogenated alkanes) is 10. The average Bonchev–Trinajstić information content (AvgIpc) is 2.98. The van der Waals surface area contributed by atoms with Crippen molar-refractivity contribution in [2.24, 2.45) is 0 Å². The van der Waals surface area contributed by atoms with Gasteiger partial charge in [0.25, 0.3) is 0 Å². The first-order valence-electron chi connectivity index (χ1n) is 15.3. The van der Waals surface area contributed by atoms with Crippen LogP contribution in [0.3, 0.4) is 0 Å². The fraction of sp³-hybridized carbons (Fsp3) is 0.457. The summed E-state index contributed by atoms with van der Waals surface area (Å²) in [4.78, 5) is 12.0. The number of carboxylic acids is 1. The number of hydrogen-bond acceptors (Lipinski definition) is 3. The van der Waals surface area contributed by atoms with Gasteiger partial charge in [-0.15, -0.1) is 0 Å². The summed E-state index contributed by atoms with van der Waals surface area (Å²) in [5, 5.41) is 9.75. The van der Waals surface area contributed by atoms with Gasteiger partial charge in [-0.2, -0.15) is 4.39 Å². The lowest BCUT2D eigenvalue weighted by atomic mass is 9.94. The normalized spacial score (nSPS) is 11.1. The zero-order valence-electron chi connectivity index (χ0n) is 24.8. The van der Waals surface area contributed by atoms with Crippen molar-refractivity contribution in [1.29, 1.82) is 0 Å². The predicted octanol–water partition coefficient (Wildman–Crippen LogP) is 10.6. The Hall–Kier alpha value is -3.48. The number of benzene rings is 3. The first-order chi connectivity index (χ1) is 20.4. The van der Waals surface area contributed by atoms with E-state index < -0.39 is 23.4 Å². The van der Waals surface area contributed by atoms with Crippen molar-refractivity contribution in [3.05, 3.63) is 71.5 Å². The van der Waals surface area contributed by atoms with Gasteiger partial charge in [0.1, 0.15) is 0 Å². The molecule has 0 aliphatic carbocycles. The van der Waals surface area contributed by atoms with E-state index in [4.69, 9.17) is 9.47 Å². The smallest absolute Gasteiger partial charge is 0.336 e. The molecule has 0 aromatic heterocycles. The molecule has 3 aromatic rings. The Bertz CT molecular complexity index is 1290. The predicted molar refractivity (Wildman–Crippen MR) is 162 cm³/mol. The number of ether oxygens (including phenoxy) is 2. The molecule has 0 atom stereocenters. The van der Waals surface area contributed by atoms with Crippen molar-refractivity contribution < 1.29 is 32.5 Å². The molecule has 0 unspecified atom stereocenters. The highest BCUT2D eigenvalue weighted by Gasteiger charge is 2.21. The van der Waals surface area contributed by atoms with Crippen molar-refractivity contribution in [3.8, 4) is 33.8 Å². The highest BCUT2D eigenvalue weighted by Crippen LogP contribution is 2.35. The second-order valence-electron chi connectivity index (χ2n) is 10.7. The maximum absolute atomic E-state index is 15.3. The summed E-state index contributed by atoms with van der Waals surface area (Å²) < 4.78 is 56.2. The lowest BCUT2D eigenvalue weighted by Gasteiger charge is -2.14. The van der Waals surface area contributed by atoms with Crippen molar-refractivity contribution in [2.75, 3.05) is 13.2 Å². The zero-order chi connectivity index (χ0) is 30.3. The highest BCUT2D eigenvalue weighted by molar-refractivity contribution is 5.97. The van der Waals surface area contributed by atoms with Gasteiger partial charge in [0.2, 0.25) is 5.82 Å². The molecule has 0 spiro atoms. The fourth-order valence-electron chi connectivity index (χ4n) is 4.91. The summed E-state index contributed by atoms with van der Waals surface area (Å²) in [6, 6.07) is 11.4. The van der Waals surface area contributed by atoms with E-state index in [1.165, 1.54) is 68.1 Å². The Morgan fingerprint density at radius 1 is 0.619 bits per heavy atom. The van der Waals surface area contributed by atoms with E-state index in [0.29, 0.717) is 17.7 Å². The van der Waals surface area contributed by atoms with Crippen LogP contribution < -0.4 is 9.47 Å². The topological polar surface area (TPSA) is 55.8 Å². The maximum atomic E-state index is 15.3. The van der Waals surface area contributed by atoms with Crippen molar-refractivity contribution in [2.45, 2.75) is 90.9 Å². The molecule has 0 radical (unpaired) electrons. The Morgan fingerprint density at radius 3 is 1.74 bits per heavy atom. The lowest BCUT2D eigenvalue weighted by molar-refractivity contribution is 0.0697. The SMILES string of the molecule is CCCCCCCCOc1ccc(-c2ccc(C(=O)O)c(-c3ccc(OCCCCCCCC)c(F)c3F)c2)cc1F. The largest absolute Gasteiger partial charge is 0.491 e. The minimum absolute atomic E-state index is 0.0114. The molecule has 3 aromatic carbocycles. The Balaban J connectivity index is 1.74. The summed E-state index contributed by atoms with van der Waals surface area (Å²) in [6.45, 7) is 5.00. The number of hydrogen-bond donors (Lipinski definition) is 1. The van der Waals surface area contributed by atoms with E-state index in [9.17, 15) is 18.7 Å². The quantitative estimate of drug-likeness (QED) is 0.142. The molecular formula is C35H43F3O4. The molecule has 0 bridgehead atoms. The molecular weight excluding hydrogens is 541 g/mol. The molecule has 1 N–H and O–H groups in total. The second-order valence-corrected chi connectivity index (χ2v) is 10.7. The molecule has 228 valence electrons. The highest BCUT2D eigenvalue weighted by atomic mass is 19.2. The first-order valence-corrected chi connectivity index (χ1v) is 15.3. The van der Waals surface area contributed by atoms with Crippen LogP contribution in [0.5, 0.6) is 11.5 Å². The molecule has 0 aliphatic rings. The molecule has 0 heterocycles. The molecule has 0 amide bonds. The zero-order valence-corrected chi connectivity index (χ0v) is 24.8. The minimum atomic E-state index is -1.29. The van der Waals surface area contributed by atoms with Gasteiger partial charge >= 0.3 is 5.97 Å². The molecule has 0 saturated carbocycles. The summed E-state index contributed by atoms with van der Waals surface area (Å²) in [5.74, 6) is -4.27. The van der Waals surface area contributed by atoms with Gasteiger partial charge in [0.15, 0.2) is 23.1 Å². The second kappa shape index (κ2) is 17.5. The van der Waals surface area contributed by atoms with Gasteiger partial charge in [-0.05, 0) is 65.9 Å². The van der Waals surface area contributed by atoms with E-state index >= 15 is 4.39 Å². The first kappa shape index (κ1) is 33.0. The molecule has 0 aliphatic heterocycles. The van der Waals surface area contributed by atoms with Crippen LogP contribution in [-0.4, -0.2) is 24.3 Å². The van der Waals surface area contributed by atoms with Crippen LogP contribution in [0.2, 0.25) is 0 Å². The molecule has 7 heteroatoms. The van der Waals surface area contributed by atoms with Gasteiger partial charge in [-0.25, -0.2) is 13.6 Å². The molecule has 4 nitrogen and oxygen atoms in total. The molecule has 0 fully saturated rings. The number of rotatable bonds is 19. The van der Waals surface area contributed by atoms with Crippen LogP contribution in [0, 0.1) is 17.5 Å². The van der Waals surface area contributed by atoms with Gasteiger partial charge in [-0.1, -0.05) is 90.2 Å². The van der Waals surface area contributed by atoms with Gasteiger partial charge in [0.05, 0.1) is 18.8 Å². The van der Waals surface area contributed by atoms with Gasteiger partial charge in [-0.3, -0.25) is 0 Å². The molecule has 42 heavy (non-hydrogen) atoms. The summed E-state index contributed by atoms with van der Waals surface area (Å²) >= 11 is 0. The van der Waals surface area contributed by atoms with E-state index in [2.05, 4.69) is 13.8 Å². The van der Waals surface area contributed by atoms with Crippen molar-refractivity contribution in [3.63, 3.8) is 0 Å². The third kappa shape index (κ3) is 9.53. The van der Waals surface area contributed by atoms with Gasteiger partial charge in [0, 0.05) is 5.56 Å². The third-order valence-electron chi connectivity index (χ3n) is 7.36. The number of carbonyl (C=O) groups is 1. The maximum Gasteiger partial charge on any atom is 0.336 e. The fourth-order valence-corrected chi connectivity index (χ4v) is 4.91. The van der Waals surface area contributed by atoms with Gasteiger partial charge < -0.3 is 14.6 Å². The van der Waals surface area contributed by atoms with E-state index in [-0.39, 0.29) is 34.8 Å². The molecule has 3 rings (SSSR count). The molecule has 0 saturated heterocycles. The standard InChI is InChI=1S/C35H43F3O4/c1-3-5-7-9-11-13-21-41-31-19-16-26(24-30(31)36)25-15-17-28(35(39)40)29(23-25)27-18-20-32(34(38)33(27)37)42-22-14-12-10-8-6-4-2/h15-20,23-24H,3-14,21-22H2,1-2H3,(H,39,40). The van der Waals surface area contributed by atoms with Crippen LogP contribution >= 0.6 is 0 Å². The van der Waals surface area contributed by atoms with Crippen molar-refractivity contribution in [1.82, 2.24) is 0 Å². The third-order valence-corrected chi connectivity index (χ3v) is 7.36. The summed E-state index contributed by atoms with van der Waals surface area (Å²) in [7, 11) is 0. The average molecular weight is 585 g/mol. The van der Waals surface area contributed by atoms with E-state index in [1.54, 1.807) is 6.07 Å². The monoisotopic (exact) mass is 584 g/mol. The Kier molecular flexibility index (Phi) is 13.7. The Morgan fingerprint density at radius 2 is 1.14 bits per heavy atom. The van der Waals surface area contributed by atoms with Crippen molar-refractivity contribution >= 4 is 5.97 Å². The summed E-state index contributed by atoms with van der Waals surface area (Å²) in [6.07, 6.45) is 12.8. The Labute approximate surface area is 247 Å².